The SMILES string of the molecule is S=c1oc(-c2ccc3c(c2)OCO3)nn1CN1CCCCCCC1. The van der Waals surface area contributed by atoms with E-state index in [4.69, 9.17) is 26.1 Å². The predicted molar refractivity (Wildman–Crippen MR) is 91.5 cm³/mol. The zero-order chi connectivity index (χ0) is 16.4. The van der Waals surface area contributed by atoms with Gasteiger partial charge in [-0.2, -0.15) is 0 Å². The molecule has 0 saturated carbocycles. The van der Waals surface area contributed by atoms with Gasteiger partial charge in [-0.05, 0) is 56.3 Å². The fourth-order valence-electron chi connectivity index (χ4n) is 3.19. The quantitative estimate of drug-likeness (QED) is 0.787. The molecule has 0 amide bonds. The lowest BCUT2D eigenvalue weighted by atomic mass is 10.1. The number of aromatic nitrogens is 2. The molecule has 2 aliphatic rings. The summed E-state index contributed by atoms with van der Waals surface area (Å²) >= 11 is 5.35. The van der Waals surface area contributed by atoms with E-state index in [2.05, 4.69) is 10.00 Å². The van der Waals surface area contributed by atoms with Crippen LogP contribution in [0.25, 0.3) is 11.5 Å². The number of hydrogen-bond donors (Lipinski definition) is 0. The van der Waals surface area contributed by atoms with E-state index in [1.54, 1.807) is 4.68 Å². The monoisotopic (exact) mass is 347 g/mol. The first-order chi connectivity index (χ1) is 11.8. The van der Waals surface area contributed by atoms with Gasteiger partial charge in [0.1, 0.15) is 0 Å². The summed E-state index contributed by atoms with van der Waals surface area (Å²) in [6.45, 7) is 3.13. The van der Waals surface area contributed by atoms with Crippen molar-refractivity contribution >= 4 is 12.2 Å². The molecule has 1 saturated heterocycles. The lowest BCUT2D eigenvalue weighted by Crippen LogP contribution is -2.30. The summed E-state index contributed by atoms with van der Waals surface area (Å²) in [6.07, 6.45) is 6.44. The zero-order valence-electron chi connectivity index (χ0n) is 13.6. The average Bonchev–Trinajstić information content (AvgIpc) is 3.16. The maximum Gasteiger partial charge on any atom is 0.288 e. The van der Waals surface area contributed by atoms with Gasteiger partial charge >= 0.3 is 0 Å². The topological polar surface area (TPSA) is 52.7 Å². The number of ether oxygens (including phenoxy) is 2. The molecule has 2 aliphatic heterocycles. The molecule has 0 N–H and O–H groups in total. The first kappa shape index (κ1) is 15.7. The van der Waals surface area contributed by atoms with E-state index in [0.29, 0.717) is 23.1 Å². The summed E-state index contributed by atoms with van der Waals surface area (Å²) in [5.74, 6) is 1.98. The van der Waals surface area contributed by atoms with Crippen LogP contribution >= 0.6 is 12.2 Å². The first-order valence-electron chi connectivity index (χ1n) is 8.50. The molecule has 0 atom stereocenters. The predicted octanol–water partition coefficient (Wildman–Crippen LogP) is 3.82. The highest BCUT2D eigenvalue weighted by Crippen LogP contribution is 2.35. The van der Waals surface area contributed by atoms with Gasteiger partial charge in [-0.25, -0.2) is 4.68 Å². The van der Waals surface area contributed by atoms with E-state index in [0.717, 1.165) is 24.4 Å². The lowest BCUT2D eigenvalue weighted by Gasteiger charge is -2.23. The van der Waals surface area contributed by atoms with Crippen molar-refractivity contribution in [2.45, 2.75) is 38.8 Å². The van der Waals surface area contributed by atoms with Gasteiger partial charge in [-0.3, -0.25) is 4.90 Å². The van der Waals surface area contributed by atoms with Gasteiger partial charge in [-0.15, -0.1) is 5.10 Å². The van der Waals surface area contributed by atoms with Crippen molar-refractivity contribution in [2.24, 2.45) is 0 Å². The third kappa shape index (κ3) is 3.32. The van der Waals surface area contributed by atoms with Gasteiger partial charge in [0.15, 0.2) is 11.5 Å². The van der Waals surface area contributed by atoms with Gasteiger partial charge in [0.2, 0.25) is 12.7 Å². The third-order valence-corrected chi connectivity index (χ3v) is 4.80. The van der Waals surface area contributed by atoms with E-state index in [1.807, 2.05) is 18.2 Å². The second kappa shape index (κ2) is 6.94. The Kier molecular flexibility index (Phi) is 4.53. The fraction of sp³-hybridized carbons (Fsp3) is 0.529. The van der Waals surface area contributed by atoms with Gasteiger partial charge in [0.05, 0.1) is 6.67 Å². The molecule has 7 heteroatoms. The molecule has 0 bridgehead atoms. The van der Waals surface area contributed by atoms with Gasteiger partial charge in [0, 0.05) is 5.56 Å². The molecule has 1 fully saturated rings. The minimum Gasteiger partial charge on any atom is -0.454 e. The van der Waals surface area contributed by atoms with Crippen molar-refractivity contribution in [3.63, 3.8) is 0 Å². The van der Waals surface area contributed by atoms with Gasteiger partial charge in [0.25, 0.3) is 4.84 Å². The van der Waals surface area contributed by atoms with Gasteiger partial charge in [-0.1, -0.05) is 19.3 Å². The Morgan fingerprint density at radius 2 is 1.75 bits per heavy atom. The molecule has 0 unspecified atom stereocenters. The van der Waals surface area contributed by atoms with Crippen molar-refractivity contribution in [1.29, 1.82) is 0 Å². The molecule has 24 heavy (non-hydrogen) atoms. The number of hydrogen-bond acceptors (Lipinski definition) is 6. The van der Waals surface area contributed by atoms with Crippen LogP contribution in [0, 0.1) is 4.84 Å². The maximum absolute atomic E-state index is 5.70. The third-order valence-electron chi connectivity index (χ3n) is 4.51. The van der Waals surface area contributed by atoms with Crippen molar-refractivity contribution in [2.75, 3.05) is 19.9 Å². The zero-order valence-corrected chi connectivity index (χ0v) is 14.4. The normalized spacial score (nSPS) is 18.3. The van der Waals surface area contributed by atoms with Crippen LogP contribution in [0.15, 0.2) is 22.6 Å². The van der Waals surface area contributed by atoms with E-state index >= 15 is 0 Å². The highest BCUT2D eigenvalue weighted by Gasteiger charge is 2.17. The second-order valence-corrected chi connectivity index (χ2v) is 6.62. The van der Waals surface area contributed by atoms with Crippen LogP contribution in [0.3, 0.4) is 0 Å². The molecule has 128 valence electrons. The molecule has 4 rings (SSSR count). The first-order valence-corrected chi connectivity index (χ1v) is 8.91. The average molecular weight is 347 g/mol. The standard InChI is InChI=1S/C17H21N3O3S/c24-17-20(11-19-8-4-2-1-3-5-9-19)18-16(23-17)13-6-7-14-15(10-13)22-12-21-14/h6-7,10H,1-5,8-9,11-12H2. The summed E-state index contributed by atoms with van der Waals surface area (Å²) < 4.78 is 18.2. The van der Waals surface area contributed by atoms with Crippen LogP contribution in [0.4, 0.5) is 0 Å². The summed E-state index contributed by atoms with van der Waals surface area (Å²) in [5.41, 5.74) is 0.844. The molecule has 0 spiro atoms. The van der Waals surface area contributed by atoms with E-state index < -0.39 is 0 Å². The summed E-state index contributed by atoms with van der Waals surface area (Å²) in [6, 6.07) is 5.66. The minimum atomic E-state index is 0.256. The molecule has 2 aromatic rings. The largest absolute Gasteiger partial charge is 0.454 e. The van der Waals surface area contributed by atoms with E-state index in [9.17, 15) is 0 Å². The summed E-state index contributed by atoms with van der Waals surface area (Å²) in [5, 5.41) is 4.56. The summed E-state index contributed by atoms with van der Waals surface area (Å²) in [4.78, 5) is 2.81. The van der Waals surface area contributed by atoms with Crippen molar-refractivity contribution in [3.8, 4) is 23.0 Å². The van der Waals surface area contributed by atoms with Gasteiger partial charge < -0.3 is 13.9 Å². The molecular formula is C17H21N3O3S. The number of fused-ring (bicyclic) bond motifs is 1. The minimum absolute atomic E-state index is 0.256. The van der Waals surface area contributed by atoms with Crippen LogP contribution in [-0.4, -0.2) is 34.6 Å². The molecular weight excluding hydrogens is 326 g/mol. The molecule has 0 aliphatic carbocycles. The Morgan fingerprint density at radius 3 is 2.58 bits per heavy atom. The number of rotatable bonds is 3. The second-order valence-electron chi connectivity index (χ2n) is 6.27. The van der Waals surface area contributed by atoms with Crippen LogP contribution in [-0.2, 0) is 6.67 Å². The highest BCUT2D eigenvalue weighted by atomic mass is 32.1. The number of nitrogens with zero attached hydrogens (tertiary/aromatic N) is 3. The Morgan fingerprint density at radius 1 is 1.00 bits per heavy atom. The van der Waals surface area contributed by atoms with Crippen LogP contribution < -0.4 is 9.47 Å². The number of benzene rings is 1. The van der Waals surface area contributed by atoms with Crippen LogP contribution in [0.5, 0.6) is 11.5 Å². The van der Waals surface area contributed by atoms with Crippen LogP contribution in [0.2, 0.25) is 0 Å². The van der Waals surface area contributed by atoms with Crippen LogP contribution in [0.1, 0.15) is 32.1 Å². The van der Waals surface area contributed by atoms with E-state index in [-0.39, 0.29) is 6.79 Å². The van der Waals surface area contributed by atoms with Crippen molar-refractivity contribution in [3.05, 3.63) is 23.0 Å². The Hall–Kier alpha value is -1.86. The Labute approximate surface area is 146 Å². The van der Waals surface area contributed by atoms with Crippen molar-refractivity contribution < 1.29 is 13.9 Å². The summed E-state index contributed by atoms with van der Waals surface area (Å²) in [7, 11) is 0. The Bertz CT molecular complexity index is 763. The molecule has 1 aromatic carbocycles. The van der Waals surface area contributed by atoms with E-state index in [1.165, 1.54) is 32.1 Å². The molecule has 1 aromatic heterocycles. The molecule has 3 heterocycles. The lowest BCUT2D eigenvalue weighted by molar-refractivity contribution is 0.174. The molecule has 0 radical (unpaired) electrons. The highest BCUT2D eigenvalue weighted by molar-refractivity contribution is 7.71. The molecule has 6 nitrogen and oxygen atoms in total. The fourth-order valence-corrected chi connectivity index (χ4v) is 3.36. The number of likely N-dealkylation sites (tertiary alicyclic amines) is 1. The smallest absolute Gasteiger partial charge is 0.288 e. The Balaban J connectivity index is 1.52. The maximum atomic E-state index is 5.70. The van der Waals surface area contributed by atoms with Crippen molar-refractivity contribution in [1.82, 2.24) is 14.7 Å².